The fraction of sp³-hybridized carbons (Fsp3) is 0.476. The first-order chi connectivity index (χ1) is 14.7. The van der Waals surface area contributed by atoms with E-state index >= 15 is 0 Å². The Morgan fingerprint density at radius 1 is 1.29 bits per heavy atom. The number of fused-ring (bicyclic) bond motifs is 2. The van der Waals surface area contributed by atoms with E-state index in [1.54, 1.807) is 0 Å². The number of aliphatic hydroxyl groups is 1. The van der Waals surface area contributed by atoms with Crippen molar-refractivity contribution in [3.8, 4) is 6.07 Å². The molecule has 1 atom stereocenters. The average Bonchev–Trinajstić information content (AvgIpc) is 3.47. The van der Waals surface area contributed by atoms with Crippen LogP contribution >= 0.6 is 11.3 Å². The minimum absolute atomic E-state index is 0.127. The van der Waals surface area contributed by atoms with Gasteiger partial charge in [0.05, 0.1) is 24.4 Å². The van der Waals surface area contributed by atoms with Gasteiger partial charge in [-0.25, -0.2) is 19.1 Å². The van der Waals surface area contributed by atoms with Crippen LogP contribution in [0.1, 0.15) is 59.5 Å². The minimum atomic E-state index is -3.48. The van der Waals surface area contributed by atoms with Gasteiger partial charge in [-0.15, -0.1) is 15.7 Å². The summed E-state index contributed by atoms with van der Waals surface area (Å²) in [7, 11) is -3.48. The SMILES string of the molecule is CC(C)(CO)c1ncc([S@@](N)(=O)=NC(=O)Nc2c3c(c(C#N)c4c2CCC4)CCC3)s1. The molecule has 4 N–H and O–H groups in total. The molecule has 0 fully saturated rings. The predicted molar refractivity (Wildman–Crippen MR) is 119 cm³/mol. The lowest BCUT2D eigenvalue weighted by Gasteiger charge is -2.17. The van der Waals surface area contributed by atoms with Crippen LogP contribution in [0.3, 0.4) is 0 Å². The third-order valence-corrected chi connectivity index (χ3v) is 9.20. The van der Waals surface area contributed by atoms with Gasteiger partial charge in [-0.3, -0.25) is 0 Å². The van der Waals surface area contributed by atoms with E-state index in [9.17, 15) is 19.4 Å². The normalized spacial score (nSPS) is 16.9. The van der Waals surface area contributed by atoms with Crippen LogP contribution in [0.4, 0.5) is 10.5 Å². The molecule has 2 amide bonds. The first-order valence-electron chi connectivity index (χ1n) is 10.2. The number of nitrogens with one attached hydrogen (secondary N) is 1. The van der Waals surface area contributed by atoms with Crippen LogP contribution in [0.5, 0.6) is 0 Å². The third kappa shape index (κ3) is 3.87. The van der Waals surface area contributed by atoms with Gasteiger partial charge in [0, 0.05) is 11.1 Å². The Kier molecular flexibility index (Phi) is 5.64. The molecule has 8 nitrogen and oxygen atoms in total. The van der Waals surface area contributed by atoms with Gasteiger partial charge in [-0.1, -0.05) is 13.8 Å². The molecule has 0 unspecified atom stereocenters. The molecular formula is C21H25N5O3S2. The summed E-state index contributed by atoms with van der Waals surface area (Å²) >= 11 is 1.08. The zero-order valence-corrected chi connectivity index (χ0v) is 19.2. The minimum Gasteiger partial charge on any atom is -0.395 e. The molecule has 0 aliphatic heterocycles. The number of carbonyl (C=O) groups excluding carboxylic acids is 1. The van der Waals surface area contributed by atoms with Crippen molar-refractivity contribution in [3.05, 3.63) is 39.0 Å². The van der Waals surface area contributed by atoms with E-state index < -0.39 is 21.4 Å². The van der Waals surface area contributed by atoms with Crippen LogP contribution in [0.25, 0.3) is 0 Å². The standard InChI is InChI=1S/C21H25N5O3S2/c1-21(2,11-27)19-24-10-17(30-19)31(23,29)26-20(28)25-18-14-7-3-5-12(14)16(9-22)13-6-4-8-15(13)18/h10,27H,3-8,11H2,1-2H3,(H3,23,25,26,28,29)/t31-/m0/s1. The van der Waals surface area contributed by atoms with E-state index in [0.29, 0.717) is 10.7 Å². The number of aromatic nitrogens is 1. The summed E-state index contributed by atoms with van der Waals surface area (Å²) < 4.78 is 17.0. The number of amides is 2. The van der Waals surface area contributed by atoms with Crippen LogP contribution in [0.15, 0.2) is 14.8 Å². The summed E-state index contributed by atoms with van der Waals surface area (Å²) in [6.45, 7) is 3.49. The molecule has 2 aromatic rings. The Bertz CT molecular complexity index is 1200. The topological polar surface area (TPSA) is 141 Å². The maximum Gasteiger partial charge on any atom is 0.354 e. The van der Waals surface area contributed by atoms with E-state index in [-0.39, 0.29) is 10.8 Å². The van der Waals surface area contributed by atoms with E-state index in [0.717, 1.165) is 77.7 Å². The molecule has 0 spiro atoms. The molecule has 1 heterocycles. The monoisotopic (exact) mass is 459 g/mol. The van der Waals surface area contributed by atoms with Crippen LogP contribution in [0, 0.1) is 11.3 Å². The molecule has 4 rings (SSSR count). The van der Waals surface area contributed by atoms with Gasteiger partial charge >= 0.3 is 6.03 Å². The number of hydrogen-bond acceptors (Lipinski definition) is 6. The first-order valence-corrected chi connectivity index (χ1v) is 12.6. The molecule has 0 saturated carbocycles. The van der Waals surface area contributed by atoms with Crippen molar-refractivity contribution in [2.24, 2.45) is 9.50 Å². The van der Waals surface area contributed by atoms with Crippen LogP contribution in [0.2, 0.25) is 0 Å². The molecule has 10 heteroatoms. The van der Waals surface area contributed by atoms with Crippen molar-refractivity contribution < 1.29 is 14.1 Å². The second kappa shape index (κ2) is 7.98. The van der Waals surface area contributed by atoms with Gasteiger partial charge in [0.15, 0.2) is 9.92 Å². The van der Waals surface area contributed by atoms with E-state index in [1.165, 1.54) is 6.20 Å². The van der Waals surface area contributed by atoms with Gasteiger partial charge < -0.3 is 10.4 Å². The number of nitrogens with zero attached hydrogens (tertiary/aromatic N) is 3. The molecule has 31 heavy (non-hydrogen) atoms. The number of hydrogen-bond donors (Lipinski definition) is 3. The molecular weight excluding hydrogens is 434 g/mol. The maximum atomic E-state index is 13.0. The van der Waals surface area contributed by atoms with Crippen molar-refractivity contribution in [3.63, 3.8) is 0 Å². The number of rotatable bonds is 4. The Labute approximate surface area is 185 Å². The number of nitriles is 1. The van der Waals surface area contributed by atoms with Gasteiger partial charge in [0.25, 0.3) is 0 Å². The molecule has 2 aliphatic carbocycles. The summed E-state index contributed by atoms with van der Waals surface area (Å²) in [6, 6.07) is 1.59. The lowest BCUT2D eigenvalue weighted by molar-refractivity contribution is 0.218. The van der Waals surface area contributed by atoms with Crippen LogP contribution in [-0.4, -0.2) is 26.9 Å². The Morgan fingerprint density at radius 3 is 2.42 bits per heavy atom. The summed E-state index contributed by atoms with van der Waals surface area (Å²) in [4.78, 5) is 17.0. The predicted octanol–water partition coefficient (Wildman–Crippen LogP) is 3.19. The smallest absolute Gasteiger partial charge is 0.354 e. The first kappa shape index (κ1) is 21.9. The highest BCUT2D eigenvalue weighted by atomic mass is 32.2. The van der Waals surface area contributed by atoms with Gasteiger partial charge in [-0.2, -0.15) is 5.26 Å². The van der Waals surface area contributed by atoms with Crippen molar-refractivity contribution >= 4 is 33.0 Å². The second-order valence-corrected chi connectivity index (χ2v) is 11.6. The molecule has 1 aromatic carbocycles. The number of carbonyl (C=O) groups is 1. The molecule has 0 bridgehead atoms. The van der Waals surface area contributed by atoms with Gasteiger partial charge in [0.2, 0.25) is 0 Å². The maximum absolute atomic E-state index is 13.0. The number of benzene rings is 1. The molecule has 1 aromatic heterocycles. The highest BCUT2D eigenvalue weighted by Gasteiger charge is 2.30. The Balaban J connectivity index is 1.68. The summed E-state index contributed by atoms with van der Waals surface area (Å²) in [6.07, 6.45) is 6.45. The molecule has 0 radical (unpaired) electrons. The third-order valence-electron chi connectivity index (χ3n) is 5.95. The average molecular weight is 460 g/mol. The number of anilines is 1. The van der Waals surface area contributed by atoms with E-state index in [4.69, 9.17) is 5.14 Å². The number of thiazole rings is 1. The summed E-state index contributed by atoms with van der Waals surface area (Å²) in [5.41, 5.74) is 4.90. The molecule has 0 saturated heterocycles. The Morgan fingerprint density at radius 2 is 1.87 bits per heavy atom. The van der Waals surface area contributed by atoms with Gasteiger partial charge in [0.1, 0.15) is 9.22 Å². The van der Waals surface area contributed by atoms with Gasteiger partial charge in [-0.05, 0) is 60.8 Å². The van der Waals surface area contributed by atoms with E-state index in [1.807, 2.05) is 13.8 Å². The van der Waals surface area contributed by atoms with Crippen molar-refractivity contribution in [1.82, 2.24) is 4.98 Å². The molecule has 164 valence electrons. The van der Waals surface area contributed by atoms with Crippen molar-refractivity contribution in [2.75, 3.05) is 11.9 Å². The zero-order chi connectivity index (χ0) is 22.4. The fourth-order valence-corrected chi connectivity index (χ4v) is 6.47. The highest BCUT2D eigenvalue weighted by Crippen LogP contribution is 2.41. The fourth-order valence-electron chi connectivity index (χ4n) is 4.31. The van der Waals surface area contributed by atoms with Crippen molar-refractivity contribution in [2.45, 2.75) is 62.0 Å². The summed E-state index contributed by atoms with van der Waals surface area (Å²) in [5.74, 6) is 0. The van der Waals surface area contributed by atoms with Crippen LogP contribution < -0.4 is 10.5 Å². The van der Waals surface area contributed by atoms with Crippen molar-refractivity contribution in [1.29, 1.82) is 5.26 Å². The lowest BCUT2D eigenvalue weighted by atomic mass is 9.93. The Hall–Kier alpha value is -2.32. The number of urea groups is 1. The van der Waals surface area contributed by atoms with Crippen LogP contribution in [-0.2, 0) is 41.0 Å². The number of nitrogens with two attached hydrogens (primary N) is 1. The molecule has 2 aliphatic rings. The lowest BCUT2D eigenvalue weighted by Crippen LogP contribution is -2.21. The second-order valence-electron chi connectivity index (χ2n) is 8.60. The number of aliphatic hydroxyl groups excluding tert-OH is 1. The van der Waals surface area contributed by atoms with E-state index in [2.05, 4.69) is 20.7 Å². The summed E-state index contributed by atoms with van der Waals surface area (Å²) in [5, 5.41) is 28.5. The highest BCUT2D eigenvalue weighted by molar-refractivity contribution is 7.93. The largest absolute Gasteiger partial charge is 0.395 e. The zero-order valence-electron chi connectivity index (χ0n) is 17.5. The quantitative estimate of drug-likeness (QED) is 0.644.